The molecule has 2 N–H and O–H groups in total. The predicted octanol–water partition coefficient (Wildman–Crippen LogP) is 1.47. The van der Waals surface area contributed by atoms with Crippen LogP contribution < -0.4 is 5.73 Å². The van der Waals surface area contributed by atoms with Crippen LogP contribution in [0.3, 0.4) is 0 Å². The van der Waals surface area contributed by atoms with Gasteiger partial charge in [0.2, 0.25) is 0 Å². The summed E-state index contributed by atoms with van der Waals surface area (Å²) < 4.78 is 5.47. The lowest BCUT2D eigenvalue weighted by Crippen LogP contribution is -2.59. The molecule has 2 aliphatic rings. The highest BCUT2D eigenvalue weighted by Gasteiger charge is 2.51. The van der Waals surface area contributed by atoms with Crippen molar-refractivity contribution in [2.75, 3.05) is 26.8 Å². The van der Waals surface area contributed by atoms with Crippen LogP contribution >= 0.6 is 0 Å². The maximum absolute atomic E-state index is 6.10. The minimum absolute atomic E-state index is 0.124. The Kier molecular flexibility index (Phi) is 3.57. The van der Waals surface area contributed by atoms with Gasteiger partial charge in [0, 0.05) is 26.2 Å². The molecule has 0 aromatic carbocycles. The van der Waals surface area contributed by atoms with Crippen LogP contribution in [-0.2, 0) is 4.74 Å². The van der Waals surface area contributed by atoms with Crippen LogP contribution in [0.25, 0.3) is 0 Å². The molecule has 0 amide bonds. The number of nitrogens with zero attached hydrogens (tertiary/aromatic N) is 1. The fourth-order valence-corrected chi connectivity index (χ4v) is 3.57. The van der Waals surface area contributed by atoms with Crippen molar-refractivity contribution in [3.05, 3.63) is 0 Å². The summed E-state index contributed by atoms with van der Waals surface area (Å²) >= 11 is 0. The molecule has 1 aliphatic heterocycles. The highest BCUT2D eigenvalue weighted by molar-refractivity contribution is 5.06. The standard InChI is InChI=1S/C13H26N2O/c1-10-6-11(2)15(7-10)13(8-14,9-16-3)12-4-5-12/h10-12H,4-9,14H2,1-3H3. The summed E-state index contributed by atoms with van der Waals surface area (Å²) in [5.74, 6) is 1.57. The van der Waals surface area contributed by atoms with Crippen molar-refractivity contribution < 1.29 is 4.74 Å². The monoisotopic (exact) mass is 226 g/mol. The van der Waals surface area contributed by atoms with Gasteiger partial charge in [-0.2, -0.15) is 0 Å². The maximum atomic E-state index is 6.10. The summed E-state index contributed by atoms with van der Waals surface area (Å²) in [4.78, 5) is 2.64. The Bertz CT molecular complexity index is 242. The molecule has 3 unspecified atom stereocenters. The SMILES string of the molecule is COCC(CN)(C1CC1)N1CC(C)CC1C. The average Bonchev–Trinajstić information content (AvgIpc) is 3.02. The normalized spacial score (nSPS) is 35.2. The fraction of sp³-hybridized carbons (Fsp3) is 1.00. The van der Waals surface area contributed by atoms with Gasteiger partial charge in [-0.15, -0.1) is 0 Å². The van der Waals surface area contributed by atoms with Crippen molar-refractivity contribution in [2.45, 2.75) is 44.7 Å². The first-order chi connectivity index (χ1) is 7.64. The van der Waals surface area contributed by atoms with Gasteiger partial charge in [-0.1, -0.05) is 6.92 Å². The number of rotatable bonds is 5. The molecule has 94 valence electrons. The minimum Gasteiger partial charge on any atom is -0.383 e. The summed E-state index contributed by atoms with van der Waals surface area (Å²) in [6, 6.07) is 0.661. The molecule has 0 spiro atoms. The minimum atomic E-state index is 0.124. The number of nitrogens with two attached hydrogens (primary N) is 1. The van der Waals surface area contributed by atoms with Gasteiger partial charge >= 0.3 is 0 Å². The summed E-state index contributed by atoms with van der Waals surface area (Å²) in [7, 11) is 1.80. The van der Waals surface area contributed by atoms with Gasteiger partial charge in [-0.05, 0) is 38.0 Å². The number of hydrogen-bond donors (Lipinski definition) is 1. The lowest BCUT2D eigenvalue weighted by molar-refractivity contribution is -0.00633. The molecular weight excluding hydrogens is 200 g/mol. The zero-order chi connectivity index (χ0) is 11.8. The van der Waals surface area contributed by atoms with Gasteiger partial charge in [-0.3, -0.25) is 4.90 Å². The largest absolute Gasteiger partial charge is 0.383 e. The number of ether oxygens (including phenoxy) is 1. The van der Waals surface area contributed by atoms with Crippen LogP contribution in [0.15, 0.2) is 0 Å². The van der Waals surface area contributed by atoms with E-state index < -0.39 is 0 Å². The molecule has 1 saturated heterocycles. The van der Waals surface area contributed by atoms with E-state index in [0.29, 0.717) is 6.04 Å². The lowest BCUT2D eigenvalue weighted by atomic mass is 9.91. The highest BCUT2D eigenvalue weighted by atomic mass is 16.5. The summed E-state index contributed by atoms with van der Waals surface area (Å²) in [5, 5.41) is 0. The molecule has 0 aromatic heterocycles. The first-order valence-corrected chi connectivity index (χ1v) is 6.59. The second-order valence-corrected chi connectivity index (χ2v) is 5.86. The van der Waals surface area contributed by atoms with E-state index in [4.69, 9.17) is 10.5 Å². The van der Waals surface area contributed by atoms with E-state index in [1.165, 1.54) is 25.8 Å². The molecule has 2 fully saturated rings. The Balaban J connectivity index is 2.16. The van der Waals surface area contributed by atoms with Gasteiger partial charge < -0.3 is 10.5 Å². The van der Waals surface area contributed by atoms with Crippen molar-refractivity contribution >= 4 is 0 Å². The molecule has 1 heterocycles. The van der Waals surface area contributed by atoms with Gasteiger partial charge in [-0.25, -0.2) is 0 Å². The molecule has 0 radical (unpaired) electrons. The number of likely N-dealkylation sites (tertiary alicyclic amines) is 1. The van der Waals surface area contributed by atoms with Crippen LogP contribution in [-0.4, -0.2) is 43.3 Å². The van der Waals surface area contributed by atoms with Crippen molar-refractivity contribution in [2.24, 2.45) is 17.6 Å². The molecule has 0 aromatic rings. The third kappa shape index (κ3) is 2.01. The Labute approximate surface area is 99.3 Å². The first kappa shape index (κ1) is 12.3. The molecule has 3 heteroatoms. The van der Waals surface area contributed by atoms with Crippen molar-refractivity contribution in [3.63, 3.8) is 0 Å². The molecule has 1 saturated carbocycles. The van der Waals surface area contributed by atoms with Crippen LogP contribution in [0.2, 0.25) is 0 Å². The van der Waals surface area contributed by atoms with E-state index in [1.54, 1.807) is 7.11 Å². The molecule has 2 rings (SSSR count). The zero-order valence-electron chi connectivity index (χ0n) is 10.9. The van der Waals surface area contributed by atoms with E-state index in [9.17, 15) is 0 Å². The average molecular weight is 226 g/mol. The smallest absolute Gasteiger partial charge is 0.0661 e. The van der Waals surface area contributed by atoms with Crippen molar-refractivity contribution in [1.82, 2.24) is 4.90 Å². The van der Waals surface area contributed by atoms with Crippen LogP contribution in [0.5, 0.6) is 0 Å². The lowest BCUT2D eigenvalue weighted by Gasteiger charge is -2.44. The summed E-state index contributed by atoms with van der Waals surface area (Å²) in [6.07, 6.45) is 3.97. The Morgan fingerprint density at radius 3 is 2.44 bits per heavy atom. The highest BCUT2D eigenvalue weighted by Crippen LogP contribution is 2.46. The number of methoxy groups -OCH3 is 1. The van der Waals surface area contributed by atoms with E-state index in [1.807, 2.05) is 0 Å². The summed E-state index contributed by atoms with van der Waals surface area (Å²) in [5.41, 5.74) is 6.22. The van der Waals surface area contributed by atoms with Crippen LogP contribution in [0.1, 0.15) is 33.1 Å². The topological polar surface area (TPSA) is 38.5 Å². The van der Waals surface area contributed by atoms with E-state index in [-0.39, 0.29) is 5.54 Å². The van der Waals surface area contributed by atoms with E-state index in [0.717, 1.165) is 25.0 Å². The molecule has 3 nitrogen and oxygen atoms in total. The zero-order valence-corrected chi connectivity index (χ0v) is 10.9. The van der Waals surface area contributed by atoms with Crippen LogP contribution in [0.4, 0.5) is 0 Å². The van der Waals surface area contributed by atoms with Gasteiger partial charge in [0.1, 0.15) is 0 Å². The molecule has 16 heavy (non-hydrogen) atoms. The Morgan fingerprint density at radius 2 is 2.06 bits per heavy atom. The Morgan fingerprint density at radius 1 is 1.38 bits per heavy atom. The van der Waals surface area contributed by atoms with E-state index >= 15 is 0 Å². The molecule has 1 aliphatic carbocycles. The van der Waals surface area contributed by atoms with Crippen molar-refractivity contribution in [3.8, 4) is 0 Å². The van der Waals surface area contributed by atoms with Crippen molar-refractivity contribution in [1.29, 1.82) is 0 Å². The van der Waals surface area contributed by atoms with Crippen LogP contribution in [0, 0.1) is 11.8 Å². The number of hydrogen-bond acceptors (Lipinski definition) is 3. The summed E-state index contributed by atoms with van der Waals surface area (Å²) in [6.45, 7) is 7.41. The van der Waals surface area contributed by atoms with Gasteiger partial charge in [0.25, 0.3) is 0 Å². The molecule has 0 bridgehead atoms. The maximum Gasteiger partial charge on any atom is 0.0661 e. The third-order valence-electron chi connectivity index (χ3n) is 4.44. The van der Waals surface area contributed by atoms with Gasteiger partial charge in [0.15, 0.2) is 0 Å². The van der Waals surface area contributed by atoms with Gasteiger partial charge in [0.05, 0.1) is 12.1 Å². The first-order valence-electron chi connectivity index (χ1n) is 6.59. The molecule has 3 atom stereocenters. The molecular formula is C13H26N2O. The fourth-order valence-electron chi connectivity index (χ4n) is 3.57. The second kappa shape index (κ2) is 4.63. The quantitative estimate of drug-likeness (QED) is 0.771. The predicted molar refractivity (Wildman–Crippen MR) is 66.3 cm³/mol. The second-order valence-electron chi connectivity index (χ2n) is 5.86. The Hall–Kier alpha value is -0.120. The van der Waals surface area contributed by atoms with E-state index in [2.05, 4.69) is 18.7 Å². The third-order valence-corrected chi connectivity index (χ3v) is 4.44.